The largest absolute Gasteiger partial charge is 0.368 e. The quantitative estimate of drug-likeness (QED) is 0.366. The van der Waals surface area contributed by atoms with E-state index in [1.165, 1.54) is 19.3 Å². The second-order valence-corrected chi connectivity index (χ2v) is 7.71. The number of nitrogens with zero attached hydrogens (tertiary/aromatic N) is 6. The van der Waals surface area contributed by atoms with E-state index in [1.54, 1.807) is 7.05 Å². The van der Waals surface area contributed by atoms with Crippen LogP contribution in [0.1, 0.15) is 43.8 Å². The molecular weight excluding hydrogens is 485 g/mol. The van der Waals surface area contributed by atoms with Crippen LogP contribution in [-0.4, -0.2) is 82.4 Å². The van der Waals surface area contributed by atoms with Crippen molar-refractivity contribution < 1.29 is 9.53 Å². The number of guanidine groups is 1. The van der Waals surface area contributed by atoms with Gasteiger partial charge >= 0.3 is 0 Å². The Morgan fingerprint density at radius 3 is 2.62 bits per heavy atom. The van der Waals surface area contributed by atoms with Crippen molar-refractivity contribution in [3.8, 4) is 0 Å². The predicted molar refractivity (Wildman–Crippen MR) is 120 cm³/mol. The van der Waals surface area contributed by atoms with Crippen LogP contribution in [0.15, 0.2) is 4.99 Å². The molecule has 2 saturated heterocycles. The fraction of sp³-hybridized carbons (Fsp3) is 0.789. The highest BCUT2D eigenvalue weighted by Crippen LogP contribution is 2.17. The van der Waals surface area contributed by atoms with E-state index >= 15 is 0 Å². The Balaban J connectivity index is 0.00000240. The maximum Gasteiger partial charge on any atom is 0.251 e. The molecule has 2 fully saturated rings. The Bertz CT molecular complexity index is 709. The van der Waals surface area contributed by atoms with Gasteiger partial charge in [0.05, 0.1) is 6.54 Å². The first-order valence-corrected chi connectivity index (χ1v) is 10.5. The molecule has 4 heterocycles. The molecule has 9 nitrogen and oxygen atoms in total. The zero-order valence-corrected chi connectivity index (χ0v) is 19.5. The van der Waals surface area contributed by atoms with E-state index in [0.29, 0.717) is 26.2 Å². The summed E-state index contributed by atoms with van der Waals surface area (Å²) < 4.78 is 7.80. The molecule has 29 heavy (non-hydrogen) atoms. The lowest BCUT2D eigenvalue weighted by molar-refractivity contribution is -0.142. The van der Waals surface area contributed by atoms with Gasteiger partial charge in [0.25, 0.3) is 5.91 Å². The van der Waals surface area contributed by atoms with E-state index in [1.807, 2.05) is 4.90 Å². The van der Waals surface area contributed by atoms with E-state index < -0.39 is 0 Å². The number of fused-ring (bicyclic) bond motifs is 1. The van der Waals surface area contributed by atoms with E-state index in [4.69, 9.17) is 4.74 Å². The number of rotatable bonds is 3. The maximum atomic E-state index is 12.5. The predicted octanol–water partition coefficient (Wildman–Crippen LogP) is 1.02. The Labute approximate surface area is 189 Å². The minimum atomic E-state index is -0.229. The molecule has 0 radical (unpaired) electrons. The molecule has 3 aliphatic heterocycles. The number of nitrogens with one attached hydrogen (secondary N) is 1. The number of halogens is 1. The van der Waals surface area contributed by atoms with Crippen molar-refractivity contribution in [1.82, 2.24) is 29.9 Å². The maximum absolute atomic E-state index is 12.5. The molecule has 0 spiro atoms. The van der Waals surface area contributed by atoms with Crippen molar-refractivity contribution >= 4 is 35.8 Å². The van der Waals surface area contributed by atoms with Gasteiger partial charge in [-0.3, -0.25) is 9.79 Å². The molecule has 0 bridgehead atoms. The van der Waals surface area contributed by atoms with Crippen molar-refractivity contribution in [1.29, 1.82) is 0 Å². The number of aromatic nitrogens is 3. The first-order chi connectivity index (χ1) is 13.8. The van der Waals surface area contributed by atoms with Crippen LogP contribution in [0.5, 0.6) is 0 Å². The average molecular weight is 517 g/mol. The van der Waals surface area contributed by atoms with E-state index in [9.17, 15) is 4.79 Å². The highest BCUT2D eigenvalue weighted by molar-refractivity contribution is 14.0. The lowest BCUT2D eigenvalue weighted by Crippen LogP contribution is -2.55. The molecular formula is C19H32IN7O2. The number of hydrogen-bond donors (Lipinski definition) is 1. The fourth-order valence-corrected chi connectivity index (χ4v) is 4.28. The average Bonchev–Trinajstić information content (AvgIpc) is 3.34. The second-order valence-electron chi connectivity index (χ2n) is 7.71. The number of ether oxygens (including phenoxy) is 1. The number of aliphatic imine (C=N–C) groups is 1. The molecule has 4 rings (SSSR count). The summed E-state index contributed by atoms with van der Waals surface area (Å²) in [4.78, 5) is 21.1. The topological polar surface area (TPSA) is 87.9 Å². The van der Waals surface area contributed by atoms with Crippen molar-refractivity contribution in [2.45, 2.75) is 57.7 Å². The van der Waals surface area contributed by atoms with Gasteiger partial charge in [-0.05, 0) is 25.7 Å². The third-order valence-corrected chi connectivity index (χ3v) is 5.90. The van der Waals surface area contributed by atoms with Crippen LogP contribution in [0, 0.1) is 0 Å². The molecule has 162 valence electrons. The molecule has 1 aromatic heterocycles. The summed E-state index contributed by atoms with van der Waals surface area (Å²) in [7, 11) is 1.80. The number of aryl methyl sites for hydroxylation is 1. The molecule has 0 aromatic carbocycles. The lowest BCUT2D eigenvalue weighted by atomic mass is 10.2. The molecule has 1 amide bonds. The third-order valence-electron chi connectivity index (χ3n) is 5.90. The second kappa shape index (κ2) is 10.6. The van der Waals surface area contributed by atoms with Crippen LogP contribution in [0.4, 0.5) is 0 Å². The Hall–Kier alpha value is -1.43. The normalized spacial score (nSPS) is 22.7. The highest BCUT2D eigenvalue weighted by Gasteiger charge is 2.31. The summed E-state index contributed by atoms with van der Waals surface area (Å²) in [5, 5.41) is 12.2. The number of piperazine rings is 1. The zero-order valence-electron chi connectivity index (χ0n) is 17.2. The molecule has 1 N–H and O–H groups in total. The highest BCUT2D eigenvalue weighted by atomic mass is 127. The monoisotopic (exact) mass is 517 g/mol. The Morgan fingerprint density at radius 2 is 1.90 bits per heavy atom. The SMILES string of the molecule is CN=C(NCc1nnc2n1CCCCC2)N1CCN(C(=O)C2CCCO2)CC1.I. The van der Waals surface area contributed by atoms with Crippen molar-refractivity contribution in [2.75, 3.05) is 39.8 Å². The smallest absolute Gasteiger partial charge is 0.251 e. The van der Waals surface area contributed by atoms with Gasteiger partial charge in [-0.15, -0.1) is 34.2 Å². The minimum Gasteiger partial charge on any atom is -0.368 e. The number of hydrogen-bond acceptors (Lipinski definition) is 5. The Morgan fingerprint density at radius 1 is 1.10 bits per heavy atom. The van der Waals surface area contributed by atoms with Crippen LogP contribution >= 0.6 is 24.0 Å². The minimum absolute atomic E-state index is 0. The van der Waals surface area contributed by atoms with E-state index in [-0.39, 0.29) is 36.0 Å². The summed E-state index contributed by atoms with van der Waals surface area (Å²) in [6.07, 6.45) is 6.27. The van der Waals surface area contributed by atoms with Crippen molar-refractivity contribution in [2.24, 2.45) is 4.99 Å². The number of carbonyl (C=O) groups is 1. The summed E-state index contributed by atoms with van der Waals surface area (Å²) in [5.74, 6) is 3.08. The van der Waals surface area contributed by atoms with Crippen LogP contribution in [0.25, 0.3) is 0 Å². The summed E-state index contributed by atoms with van der Waals surface area (Å²) in [5.41, 5.74) is 0. The van der Waals surface area contributed by atoms with Gasteiger partial charge in [0.2, 0.25) is 0 Å². The Kier molecular flexibility index (Phi) is 8.10. The number of amides is 1. The van der Waals surface area contributed by atoms with Crippen molar-refractivity contribution in [3.05, 3.63) is 11.6 Å². The summed E-state index contributed by atoms with van der Waals surface area (Å²) in [6.45, 7) is 5.29. The molecule has 3 aliphatic rings. The van der Waals surface area contributed by atoms with Crippen LogP contribution < -0.4 is 5.32 Å². The first-order valence-electron chi connectivity index (χ1n) is 10.5. The van der Waals surface area contributed by atoms with Gasteiger partial charge in [0.15, 0.2) is 11.8 Å². The van der Waals surface area contributed by atoms with E-state index in [2.05, 4.69) is 30.0 Å². The summed E-state index contributed by atoms with van der Waals surface area (Å²) in [6, 6.07) is 0. The molecule has 0 saturated carbocycles. The van der Waals surface area contributed by atoms with Gasteiger partial charge in [0, 0.05) is 52.8 Å². The van der Waals surface area contributed by atoms with Gasteiger partial charge < -0.3 is 24.4 Å². The lowest BCUT2D eigenvalue weighted by Gasteiger charge is -2.37. The van der Waals surface area contributed by atoms with Crippen molar-refractivity contribution in [3.63, 3.8) is 0 Å². The van der Waals surface area contributed by atoms with E-state index in [0.717, 1.165) is 56.5 Å². The van der Waals surface area contributed by atoms with Crippen LogP contribution in [0.3, 0.4) is 0 Å². The molecule has 0 aliphatic carbocycles. The molecule has 1 aromatic rings. The van der Waals surface area contributed by atoms with Gasteiger partial charge in [0.1, 0.15) is 11.9 Å². The van der Waals surface area contributed by atoms with Gasteiger partial charge in [-0.25, -0.2) is 0 Å². The third kappa shape index (κ3) is 5.19. The standard InChI is InChI=1S/C19H31N7O2.HI/c1-20-19(21-14-17-23-22-16-7-3-2-4-8-26(16)17)25-11-9-24(10-12-25)18(27)15-6-5-13-28-15;/h15H,2-14H2,1H3,(H,20,21);1H. The van der Waals surface area contributed by atoms with Crippen LogP contribution in [-0.2, 0) is 29.0 Å². The molecule has 10 heteroatoms. The zero-order chi connectivity index (χ0) is 19.3. The summed E-state index contributed by atoms with van der Waals surface area (Å²) >= 11 is 0. The van der Waals surface area contributed by atoms with Gasteiger partial charge in [-0.1, -0.05) is 6.42 Å². The first kappa shape index (κ1) is 22.3. The van der Waals surface area contributed by atoms with Gasteiger partial charge in [-0.2, -0.15) is 0 Å². The fourth-order valence-electron chi connectivity index (χ4n) is 4.28. The number of carbonyl (C=O) groups excluding carboxylic acids is 1. The van der Waals surface area contributed by atoms with Crippen LogP contribution in [0.2, 0.25) is 0 Å². The molecule has 1 atom stereocenters. The molecule has 1 unspecified atom stereocenters.